The minimum Gasteiger partial charge on any atom is -0.373 e. The van der Waals surface area contributed by atoms with Gasteiger partial charge in [0.2, 0.25) is 0 Å². The Hall–Kier alpha value is -2.92. The highest BCUT2D eigenvalue weighted by Gasteiger charge is 2.09. The molecular weight excluding hydrogens is 270 g/mol. The van der Waals surface area contributed by atoms with Crippen LogP contribution in [0.2, 0.25) is 0 Å². The van der Waals surface area contributed by atoms with Crippen molar-refractivity contribution in [3.63, 3.8) is 0 Å². The molecule has 0 saturated heterocycles. The van der Waals surface area contributed by atoms with E-state index in [2.05, 4.69) is 16.4 Å². The van der Waals surface area contributed by atoms with Gasteiger partial charge in [-0.25, -0.2) is 10.5 Å². The maximum absolute atomic E-state index is 11.3. The fourth-order valence-electron chi connectivity index (χ4n) is 1.78. The summed E-state index contributed by atoms with van der Waals surface area (Å²) < 4.78 is 1.56. The zero-order valence-corrected chi connectivity index (χ0v) is 11.5. The topological polar surface area (TPSA) is 113 Å². The maximum Gasteiger partial charge on any atom is 0.287 e. The van der Waals surface area contributed by atoms with E-state index < -0.39 is 5.91 Å². The van der Waals surface area contributed by atoms with Gasteiger partial charge in [0.15, 0.2) is 5.69 Å². The lowest BCUT2D eigenvalue weighted by molar-refractivity contribution is 0.0948. The molecule has 0 aliphatic rings. The van der Waals surface area contributed by atoms with Crippen molar-refractivity contribution in [2.45, 2.75) is 6.54 Å². The van der Waals surface area contributed by atoms with Gasteiger partial charge in [0.1, 0.15) is 0 Å². The average molecular weight is 285 g/mol. The number of amides is 1. The molecule has 0 bridgehead atoms. The fourth-order valence-corrected chi connectivity index (χ4v) is 1.78. The lowest BCUT2D eigenvalue weighted by Crippen LogP contribution is -2.30. The predicted octanol–water partition coefficient (Wildman–Crippen LogP) is -0.110. The first kappa shape index (κ1) is 14.5. The number of carbonyl (C=O) groups excluding carboxylic acids is 1. The van der Waals surface area contributed by atoms with Crippen LogP contribution in [0.3, 0.4) is 0 Å². The molecule has 8 heteroatoms. The van der Waals surface area contributed by atoms with Crippen LogP contribution < -0.4 is 16.2 Å². The third kappa shape index (κ3) is 3.55. The molecule has 3 N–H and O–H groups in total. The molecule has 1 aromatic carbocycles. The van der Waals surface area contributed by atoms with E-state index in [1.807, 2.05) is 35.6 Å². The molecule has 0 aliphatic heterocycles. The van der Waals surface area contributed by atoms with Crippen molar-refractivity contribution < 1.29 is 4.79 Å². The van der Waals surface area contributed by atoms with Crippen molar-refractivity contribution in [1.82, 2.24) is 20.4 Å². The van der Waals surface area contributed by atoms with E-state index in [4.69, 9.17) is 11.1 Å². The van der Waals surface area contributed by atoms with E-state index in [9.17, 15) is 4.79 Å². The number of likely N-dealkylation sites (N-methyl/N-ethyl adjacent to an activating group) is 1. The van der Waals surface area contributed by atoms with Gasteiger partial charge in [-0.15, -0.1) is 5.10 Å². The molecule has 0 saturated carbocycles. The molecule has 0 fully saturated rings. The number of nitrogens with zero attached hydrogens (tertiary/aromatic N) is 5. The van der Waals surface area contributed by atoms with Gasteiger partial charge in [0, 0.05) is 19.3 Å². The van der Waals surface area contributed by atoms with Gasteiger partial charge in [-0.1, -0.05) is 11.3 Å². The molecule has 0 spiro atoms. The first-order valence-electron chi connectivity index (χ1n) is 6.26. The Morgan fingerprint density at radius 2 is 2.38 bits per heavy atom. The van der Waals surface area contributed by atoms with Crippen LogP contribution in [0.15, 0.2) is 30.5 Å². The van der Waals surface area contributed by atoms with Crippen molar-refractivity contribution in [3.05, 3.63) is 41.7 Å². The van der Waals surface area contributed by atoms with Crippen molar-refractivity contribution in [2.24, 2.45) is 5.84 Å². The number of nitriles is 1. The summed E-state index contributed by atoms with van der Waals surface area (Å²) in [5.41, 5.74) is 3.73. The van der Waals surface area contributed by atoms with Crippen molar-refractivity contribution in [3.8, 4) is 6.07 Å². The summed E-state index contributed by atoms with van der Waals surface area (Å²) in [6, 6.07) is 9.44. The van der Waals surface area contributed by atoms with E-state index in [0.29, 0.717) is 18.7 Å². The minimum absolute atomic E-state index is 0.173. The Labute approximate surface area is 121 Å². The maximum atomic E-state index is 11.3. The Kier molecular flexibility index (Phi) is 4.48. The number of nitrogen functional groups attached to an aromatic ring is 1. The number of carbonyl (C=O) groups is 1. The highest BCUT2D eigenvalue weighted by molar-refractivity contribution is 5.91. The molecular formula is C13H15N7O. The zero-order valence-electron chi connectivity index (χ0n) is 11.5. The third-order valence-corrected chi connectivity index (χ3v) is 2.98. The van der Waals surface area contributed by atoms with Crippen LogP contribution in [-0.4, -0.2) is 34.5 Å². The summed E-state index contributed by atoms with van der Waals surface area (Å²) in [6.07, 6.45) is 1.53. The standard InChI is InChI=1S/C13H15N7O/c1-19(11-4-2-3-10(7-11)8-14)5-6-20-9-12(17-18-20)13(21)16-15/h2-4,7,9H,5-6,15H2,1H3,(H,16,21). The van der Waals surface area contributed by atoms with E-state index in [1.165, 1.54) is 6.20 Å². The van der Waals surface area contributed by atoms with Gasteiger partial charge in [-0.2, -0.15) is 5.26 Å². The molecule has 0 atom stereocenters. The van der Waals surface area contributed by atoms with Gasteiger partial charge in [0.05, 0.1) is 24.4 Å². The average Bonchev–Trinajstić information content (AvgIpc) is 3.00. The number of nitrogens with two attached hydrogens (primary N) is 1. The van der Waals surface area contributed by atoms with Crippen molar-refractivity contribution in [1.29, 1.82) is 5.26 Å². The van der Waals surface area contributed by atoms with E-state index >= 15 is 0 Å². The largest absolute Gasteiger partial charge is 0.373 e. The molecule has 2 rings (SSSR count). The summed E-state index contributed by atoms with van der Waals surface area (Å²) >= 11 is 0. The van der Waals surface area contributed by atoms with E-state index in [1.54, 1.807) is 10.7 Å². The number of aromatic nitrogens is 3. The molecule has 1 heterocycles. The summed E-state index contributed by atoms with van der Waals surface area (Å²) in [4.78, 5) is 13.3. The molecule has 0 unspecified atom stereocenters. The molecule has 0 radical (unpaired) electrons. The minimum atomic E-state index is -0.476. The van der Waals surface area contributed by atoms with Crippen LogP contribution in [0.5, 0.6) is 0 Å². The van der Waals surface area contributed by atoms with Gasteiger partial charge in [-0.05, 0) is 18.2 Å². The predicted molar refractivity (Wildman–Crippen MR) is 76.1 cm³/mol. The summed E-state index contributed by atoms with van der Waals surface area (Å²) in [5.74, 6) is 4.55. The Morgan fingerprint density at radius 1 is 1.57 bits per heavy atom. The SMILES string of the molecule is CN(CCn1cc(C(=O)NN)nn1)c1cccc(C#N)c1. The Bertz CT molecular complexity index is 673. The zero-order chi connectivity index (χ0) is 15.2. The number of nitrogens with one attached hydrogen (secondary N) is 1. The first-order chi connectivity index (χ1) is 10.1. The van der Waals surface area contributed by atoms with Gasteiger partial charge in [-0.3, -0.25) is 10.2 Å². The summed E-state index contributed by atoms with van der Waals surface area (Å²) in [7, 11) is 1.92. The second-order valence-corrected chi connectivity index (χ2v) is 4.42. The van der Waals surface area contributed by atoms with Crippen LogP contribution in [0.4, 0.5) is 5.69 Å². The highest BCUT2D eigenvalue weighted by atomic mass is 16.2. The van der Waals surface area contributed by atoms with Crippen LogP contribution in [0.1, 0.15) is 16.1 Å². The van der Waals surface area contributed by atoms with Crippen LogP contribution in [-0.2, 0) is 6.54 Å². The highest BCUT2D eigenvalue weighted by Crippen LogP contribution is 2.14. The van der Waals surface area contributed by atoms with Crippen LogP contribution in [0.25, 0.3) is 0 Å². The quantitative estimate of drug-likeness (QED) is 0.450. The van der Waals surface area contributed by atoms with Crippen molar-refractivity contribution >= 4 is 11.6 Å². The number of hydrogen-bond acceptors (Lipinski definition) is 6. The monoisotopic (exact) mass is 285 g/mol. The Morgan fingerprint density at radius 3 is 3.10 bits per heavy atom. The normalized spacial score (nSPS) is 9.95. The lowest BCUT2D eigenvalue weighted by atomic mass is 10.2. The molecule has 1 amide bonds. The molecule has 2 aromatic rings. The second-order valence-electron chi connectivity index (χ2n) is 4.42. The first-order valence-corrected chi connectivity index (χ1v) is 6.26. The number of benzene rings is 1. The Balaban J connectivity index is 1.97. The summed E-state index contributed by atoms with van der Waals surface area (Å²) in [5, 5.41) is 16.5. The molecule has 1 aromatic heterocycles. The van der Waals surface area contributed by atoms with Gasteiger partial charge in [0.25, 0.3) is 5.91 Å². The van der Waals surface area contributed by atoms with Crippen LogP contribution >= 0.6 is 0 Å². The molecule has 0 aliphatic carbocycles. The lowest BCUT2D eigenvalue weighted by Gasteiger charge is -2.19. The third-order valence-electron chi connectivity index (χ3n) is 2.98. The molecule has 21 heavy (non-hydrogen) atoms. The molecule has 108 valence electrons. The number of rotatable bonds is 5. The van der Waals surface area contributed by atoms with Crippen molar-refractivity contribution in [2.75, 3.05) is 18.5 Å². The summed E-state index contributed by atoms with van der Waals surface area (Å²) in [6.45, 7) is 1.21. The fraction of sp³-hybridized carbons (Fsp3) is 0.231. The van der Waals surface area contributed by atoms with Gasteiger partial charge < -0.3 is 4.90 Å². The van der Waals surface area contributed by atoms with Gasteiger partial charge >= 0.3 is 0 Å². The second kappa shape index (κ2) is 6.49. The van der Waals surface area contributed by atoms with E-state index in [0.717, 1.165) is 5.69 Å². The number of anilines is 1. The number of hydrogen-bond donors (Lipinski definition) is 2. The van der Waals surface area contributed by atoms with E-state index in [-0.39, 0.29) is 5.69 Å². The smallest absolute Gasteiger partial charge is 0.287 e. The molecule has 8 nitrogen and oxygen atoms in total. The van der Waals surface area contributed by atoms with Crippen LogP contribution in [0, 0.1) is 11.3 Å². The number of hydrazine groups is 1.